The summed E-state index contributed by atoms with van der Waals surface area (Å²) in [5.41, 5.74) is 2.71. The van der Waals surface area contributed by atoms with Crippen molar-refractivity contribution in [2.75, 3.05) is 19.8 Å². The third kappa shape index (κ3) is 4.91. The number of nitrogens with one attached hydrogen (secondary N) is 1. The van der Waals surface area contributed by atoms with E-state index in [9.17, 15) is 4.79 Å². The van der Waals surface area contributed by atoms with Gasteiger partial charge in [-0.15, -0.1) is 0 Å². The van der Waals surface area contributed by atoms with Crippen molar-refractivity contribution in [1.29, 1.82) is 0 Å². The van der Waals surface area contributed by atoms with E-state index >= 15 is 0 Å². The minimum Gasteiger partial charge on any atom is -0.490 e. The van der Waals surface area contributed by atoms with Gasteiger partial charge in [0.1, 0.15) is 0 Å². The quantitative estimate of drug-likeness (QED) is 0.733. The van der Waals surface area contributed by atoms with Crippen LogP contribution in [0.4, 0.5) is 0 Å². The standard InChI is InChI=1S/C21H27NO4/c1-5-24-18-12-17(13-19(25-6-2)20(18)26-7-3)21(23)22-14-16-11-9-8-10-15(16)4/h8-13H,5-7,14H2,1-4H3,(H,22,23). The molecular weight excluding hydrogens is 330 g/mol. The predicted molar refractivity (Wildman–Crippen MR) is 102 cm³/mol. The molecule has 0 heterocycles. The molecule has 0 saturated heterocycles. The Morgan fingerprint density at radius 1 is 0.923 bits per heavy atom. The number of amides is 1. The zero-order chi connectivity index (χ0) is 18.9. The molecule has 0 unspecified atom stereocenters. The zero-order valence-corrected chi connectivity index (χ0v) is 15.9. The number of rotatable bonds is 9. The van der Waals surface area contributed by atoms with Crippen LogP contribution in [0.25, 0.3) is 0 Å². The molecule has 1 amide bonds. The summed E-state index contributed by atoms with van der Waals surface area (Å²) in [7, 11) is 0. The molecular formula is C21H27NO4. The molecule has 0 aromatic heterocycles. The monoisotopic (exact) mass is 357 g/mol. The van der Waals surface area contributed by atoms with Gasteiger partial charge in [-0.1, -0.05) is 24.3 Å². The SMILES string of the molecule is CCOc1cc(C(=O)NCc2ccccc2C)cc(OCC)c1OCC. The van der Waals surface area contributed by atoms with Gasteiger partial charge in [0.05, 0.1) is 19.8 Å². The van der Waals surface area contributed by atoms with Gasteiger partial charge in [0.15, 0.2) is 11.5 Å². The van der Waals surface area contributed by atoms with Gasteiger partial charge in [0.2, 0.25) is 5.75 Å². The van der Waals surface area contributed by atoms with Crippen LogP contribution < -0.4 is 19.5 Å². The topological polar surface area (TPSA) is 56.8 Å². The summed E-state index contributed by atoms with van der Waals surface area (Å²) in [5.74, 6) is 1.38. The van der Waals surface area contributed by atoms with Crippen molar-refractivity contribution < 1.29 is 19.0 Å². The number of hydrogen-bond donors (Lipinski definition) is 1. The van der Waals surface area contributed by atoms with Crippen LogP contribution in [-0.2, 0) is 6.54 Å². The third-order valence-electron chi connectivity index (χ3n) is 3.87. The lowest BCUT2D eigenvalue weighted by Gasteiger charge is -2.17. The van der Waals surface area contributed by atoms with Crippen molar-refractivity contribution >= 4 is 5.91 Å². The lowest BCUT2D eigenvalue weighted by molar-refractivity contribution is 0.0949. The smallest absolute Gasteiger partial charge is 0.251 e. The minimum atomic E-state index is -0.182. The first-order valence-corrected chi connectivity index (χ1v) is 8.99. The molecule has 0 atom stereocenters. The molecule has 0 aliphatic rings. The van der Waals surface area contributed by atoms with Crippen LogP contribution >= 0.6 is 0 Å². The van der Waals surface area contributed by atoms with Crippen LogP contribution in [0.2, 0.25) is 0 Å². The number of ether oxygens (including phenoxy) is 3. The largest absolute Gasteiger partial charge is 0.490 e. The van der Waals surface area contributed by atoms with Crippen LogP contribution in [-0.4, -0.2) is 25.7 Å². The highest BCUT2D eigenvalue weighted by Gasteiger charge is 2.18. The Labute approximate surface area is 155 Å². The van der Waals surface area contributed by atoms with E-state index in [1.807, 2.05) is 52.0 Å². The molecule has 0 radical (unpaired) electrons. The summed E-state index contributed by atoms with van der Waals surface area (Å²) in [6, 6.07) is 11.4. The Kier molecular flexibility index (Phi) is 7.33. The number of carbonyl (C=O) groups excluding carboxylic acids is 1. The summed E-state index contributed by atoms with van der Waals surface area (Å²) in [4.78, 5) is 12.6. The zero-order valence-electron chi connectivity index (χ0n) is 15.9. The van der Waals surface area contributed by atoms with Crippen LogP contribution in [0, 0.1) is 6.92 Å². The fourth-order valence-electron chi connectivity index (χ4n) is 2.61. The molecule has 26 heavy (non-hydrogen) atoms. The van der Waals surface area contributed by atoms with Crippen molar-refractivity contribution in [3.8, 4) is 17.2 Å². The average molecular weight is 357 g/mol. The molecule has 2 rings (SSSR count). The highest BCUT2D eigenvalue weighted by Crippen LogP contribution is 2.39. The van der Waals surface area contributed by atoms with Crippen molar-refractivity contribution in [3.63, 3.8) is 0 Å². The van der Waals surface area contributed by atoms with E-state index in [1.165, 1.54) is 0 Å². The summed E-state index contributed by atoms with van der Waals surface area (Å²) >= 11 is 0. The molecule has 0 bridgehead atoms. The number of carbonyl (C=O) groups is 1. The molecule has 2 aromatic carbocycles. The van der Waals surface area contributed by atoms with E-state index in [0.717, 1.165) is 11.1 Å². The normalized spacial score (nSPS) is 10.3. The molecule has 1 N–H and O–H groups in total. The fourth-order valence-corrected chi connectivity index (χ4v) is 2.61. The first-order valence-electron chi connectivity index (χ1n) is 8.99. The first kappa shape index (κ1) is 19.6. The van der Waals surface area contributed by atoms with Gasteiger partial charge >= 0.3 is 0 Å². The van der Waals surface area contributed by atoms with E-state index in [4.69, 9.17) is 14.2 Å². The second-order valence-electron chi connectivity index (χ2n) is 5.71. The Morgan fingerprint density at radius 2 is 1.50 bits per heavy atom. The number of benzene rings is 2. The maximum atomic E-state index is 12.6. The highest BCUT2D eigenvalue weighted by atomic mass is 16.5. The Bertz CT molecular complexity index is 716. The van der Waals surface area contributed by atoms with Gasteiger partial charge in [-0.05, 0) is 51.0 Å². The Balaban J connectivity index is 2.26. The molecule has 0 fully saturated rings. The summed E-state index contributed by atoms with van der Waals surface area (Å²) in [5, 5.41) is 2.96. The van der Waals surface area contributed by atoms with Crippen molar-refractivity contribution in [1.82, 2.24) is 5.32 Å². The van der Waals surface area contributed by atoms with Crippen LogP contribution in [0.15, 0.2) is 36.4 Å². The molecule has 0 aliphatic carbocycles. The van der Waals surface area contributed by atoms with Gasteiger partial charge in [-0.2, -0.15) is 0 Å². The van der Waals surface area contributed by atoms with E-state index < -0.39 is 0 Å². The van der Waals surface area contributed by atoms with Crippen LogP contribution in [0.3, 0.4) is 0 Å². The van der Waals surface area contributed by atoms with Gasteiger partial charge < -0.3 is 19.5 Å². The van der Waals surface area contributed by atoms with Gasteiger partial charge in [-0.3, -0.25) is 4.79 Å². The highest BCUT2D eigenvalue weighted by molar-refractivity contribution is 5.95. The molecule has 0 aliphatic heterocycles. The molecule has 5 heteroatoms. The Hall–Kier alpha value is -2.69. The Morgan fingerprint density at radius 3 is 2.04 bits per heavy atom. The summed E-state index contributed by atoms with van der Waals surface area (Å²) in [6.45, 7) is 9.60. The minimum absolute atomic E-state index is 0.182. The summed E-state index contributed by atoms with van der Waals surface area (Å²) < 4.78 is 17.0. The second kappa shape index (κ2) is 9.70. The van der Waals surface area contributed by atoms with Gasteiger partial charge in [0, 0.05) is 12.1 Å². The van der Waals surface area contributed by atoms with Crippen LogP contribution in [0.5, 0.6) is 17.2 Å². The number of hydrogen-bond acceptors (Lipinski definition) is 4. The van der Waals surface area contributed by atoms with Gasteiger partial charge in [-0.25, -0.2) is 0 Å². The molecule has 140 valence electrons. The van der Waals surface area contributed by atoms with E-state index in [0.29, 0.717) is 49.2 Å². The number of aryl methyl sites for hydroxylation is 1. The lowest BCUT2D eigenvalue weighted by Crippen LogP contribution is -2.23. The van der Waals surface area contributed by atoms with E-state index in [2.05, 4.69) is 5.32 Å². The molecule has 0 spiro atoms. The van der Waals surface area contributed by atoms with Crippen molar-refractivity contribution in [2.45, 2.75) is 34.2 Å². The maximum Gasteiger partial charge on any atom is 0.251 e. The molecule has 5 nitrogen and oxygen atoms in total. The third-order valence-corrected chi connectivity index (χ3v) is 3.87. The second-order valence-corrected chi connectivity index (χ2v) is 5.71. The summed E-state index contributed by atoms with van der Waals surface area (Å²) in [6.07, 6.45) is 0. The predicted octanol–water partition coefficient (Wildman–Crippen LogP) is 4.12. The molecule has 2 aromatic rings. The first-order chi connectivity index (χ1) is 12.6. The fraction of sp³-hybridized carbons (Fsp3) is 0.381. The van der Waals surface area contributed by atoms with Crippen LogP contribution in [0.1, 0.15) is 42.3 Å². The lowest BCUT2D eigenvalue weighted by atomic mass is 10.1. The van der Waals surface area contributed by atoms with Crippen molar-refractivity contribution in [2.24, 2.45) is 0 Å². The average Bonchev–Trinajstić information content (AvgIpc) is 2.63. The van der Waals surface area contributed by atoms with Gasteiger partial charge in [0.25, 0.3) is 5.91 Å². The van der Waals surface area contributed by atoms with E-state index in [-0.39, 0.29) is 5.91 Å². The maximum absolute atomic E-state index is 12.6. The van der Waals surface area contributed by atoms with Crippen molar-refractivity contribution in [3.05, 3.63) is 53.1 Å². The van der Waals surface area contributed by atoms with E-state index in [1.54, 1.807) is 12.1 Å². The molecule has 0 saturated carbocycles.